The third kappa shape index (κ3) is 4.08. The number of nitrogens with zero attached hydrogens (tertiary/aromatic N) is 1. The molecule has 3 N–H and O–H groups in total. The smallest absolute Gasteiger partial charge is 0.273 e. The van der Waals surface area contributed by atoms with Crippen LogP contribution in [0.5, 0.6) is 5.75 Å². The molecule has 5 aromatic rings. The van der Waals surface area contributed by atoms with E-state index in [4.69, 9.17) is 4.42 Å². The van der Waals surface area contributed by atoms with Crippen molar-refractivity contribution < 1.29 is 19.1 Å². The molecule has 7 heteroatoms. The number of amides is 1. The average molecular weight is 466 g/mol. The predicted molar refractivity (Wildman–Crippen MR) is 134 cm³/mol. The van der Waals surface area contributed by atoms with Crippen LogP contribution in [-0.4, -0.2) is 27.0 Å². The molecule has 0 saturated carbocycles. The number of furan rings is 1. The van der Waals surface area contributed by atoms with Crippen molar-refractivity contribution in [1.29, 1.82) is 0 Å². The maximum Gasteiger partial charge on any atom is 0.273 e. The van der Waals surface area contributed by atoms with Gasteiger partial charge in [-0.2, -0.15) is 5.10 Å². The number of H-pyrrole nitrogens is 1. The van der Waals surface area contributed by atoms with Gasteiger partial charge in [-0.1, -0.05) is 42.0 Å². The molecule has 0 unspecified atom stereocenters. The van der Waals surface area contributed by atoms with Crippen LogP contribution in [0.15, 0.2) is 71.1 Å². The van der Waals surface area contributed by atoms with Gasteiger partial charge in [-0.15, -0.1) is 0 Å². The molecular formula is C28H23N3O4. The number of carbonyl (C=O) groups is 2. The summed E-state index contributed by atoms with van der Waals surface area (Å²) in [6.45, 7) is 5.79. The van der Waals surface area contributed by atoms with Crippen LogP contribution in [0.4, 0.5) is 5.69 Å². The first-order chi connectivity index (χ1) is 16.8. The van der Waals surface area contributed by atoms with E-state index < -0.39 is 5.91 Å². The lowest BCUT2D eigenvalue weighted by atomic mass is 10.0. The standard InChI is InChI=1S/C28H23N3O4/c1-15-8-10-18(11-9-15)26(33)27-25(19-6-4-5-7-24(19)35-27)29-28(34)22-14-21(30-31-22)20-12-16(2)17(3)13-23(20)32/h4-14,32H,1-3H3,(H,29,34)(H,30,31). The lowest BCUT2D eigenvalue weighted by Crippen LogP contribution is -2.14. The number of aromatic hydroxyl groups is 1. The molecule has 5 rings (SSSR count). The van der Waals surface area contributed by atoms with Gasteiger partial charge in [-0.3, -0.25) is 14.7 Å². The average Bonchev–Trinajstić information content (AvgIpc) is 3.47. The number of benzene rings is 3. The molecule has 0 aliphatic heterocycles. The Labute approximate surface area is 201 Å². The number of anilines is 1. The van der Waals surface area contributed by atoms with Crippen LogP contribution in [0.2, 0.25) is 0 Å². The van der Waals surface area contributed by atoms with Crippen molar-refractivity contribution >= 4 is 28.3 Å². The van der Waals surface area contributed by atoms with Gasteiger partial charge in [0.2, 0.25) is 5.78 Å². The van der Waals surface area contributed by atoms with Gasteiger partial charge in [0.1, 0.15) is 17.0 Å². The highest BCUT2D eigenvalue weighted by Gasteiger charge is 2.24. The molecule has 0 atom stereocenters. The van der Waals surface area contributed by atoms with Crippen LogP contribution >= 0.6 is 0 Å². The molecule has 0 saturated heterocycles. The van der Waals surface area contributed by atoms with Gasteiger partial charge in [-0.05, 0) is 62.2 Å². The Kier molecular flexibility index (Phi) is 5.45. The molecule has 2 aromatic heterocycles. The SMILES string of the molecule is Cc1ccc(C(=O)c2oc3ccccc3c2NC(=O)c2cc(-c3cc(C)c(C)cc3O)n[nH]2)cc1. The van der Waals surface area contributed by atoms with Crippen LogP contribution in [0, 0.1) is 20.8 Å². The molecule has 0 spiro atoms. The number of fused-ring (bicyclic) bond motifs is 1. The monoisotopic (exact) mass is 465 g/mol. The van der Waals surface area contributed by atoms with Crippen molar-refractivity contribution in [3.05, 3.63) is 100 Å². The van der Waals surface area contributed by atoms with Crippen LogP contribution in [-0.2, 0) is 0 Å². The Bertz CT molecular complexity index is 1590. The molecule has 0 fully saturated rings. The normalized spacial score (nSPS) is 11.1. The van der Waals surface area contributed by atoms with Gasteiger partial charge < -0.3 is 14.8 Å². The zero-order valence-corrected chi connectivity index (χ0v) is 19.5. The highest BCUT2D eigenvalue weighted by molar-refractivity contribution is 6.18. The second-order valence-corrected chi connectivity index (χ2v) is 8.57. The fourth-order valence-electron chi connectivity index (χ4n) is 3.93. The van der Waals surface area contributed by atoms with Crippen molar-refractivity contribution in [2.75, 3.05) is 5.32 Å². The summed E-state index contributed by atoms with van der Waals surface area (Å²) in [5, 5.41) is 20.7. The molecule has 3 aromatic carbocycles. The van der Waals surface area contributed by atoms with E-state index in [1.54, 1.807) is 42.5 Å². The number of ketones is 1. The summed E-state index contributed by atoms with van der Waals surface area (Å²) in [4.78, 5) is 26.4. The largest absolute Gasteiger partial charge is 0.507 e. The highest BCUT2D eigenvalue weighted by Crippen LogP contribution is 2.34. The molecule has 1 amide bonds. The van der Waals surface area contributed by atoms with Gasteiger partial charge in [0.25, 0.3) is 5.91 Å². The predicted octanol–water partition coefficient (Wildman–Crippen LogP) is 5.94. The third-order valence-corrected chi connectivity index (χ3v) is 6.06. The summed E-state index contributed by atoms with van der Waals surface area (Å²) in [6.07, 6.45) is 0. The summed E-state index contributed by atoms with van der Waals surface area (Å²) >= 11 is 0. The number of aromatic amines is 1. The zero-order valence-electron chi connectivity index (χ0n) is 19.5. The Hall–Kier alpha value is -4.65. The molecule has 0 bridgehead atoms. The van der Waals surface area contributed by atoms with Crippen molar-refractivity contribution in [2.45, 2.75) is 20.8 Å². The van der Waals surface area contributed by atoms with E-state index in [9.17, 15) is 14.7 Å². The van der Waals surface area contributed by atoms with Gasteiger partial charge in [-0.25, -0.2) is 0 Å². The van der Waals surface area contributed by atoms with Gasteiger partial charge in [0.05, 0.1) is 11.4 Å². The number of nitrogens with one attached hydrogen (secondary N) is 2. The fraction of sp³-hybridized carbons (Fsp3) is 0.107. The quantitative estimate of drug-likeness (QED) is 0.279. The minimum absolute atomic E-state index is 0.0509. The van der Waals surface area contributed by atoms with Crippen molar-refractivity contribution in [2.24, 2.45) is 0 Å². The molecule has 0 aliphatic carbocycles. The number of aromatic nitrogens is 2. The molecular weight excluding hydrogens is 442 g/mol. The topological polar surface area (TPSA) is 108 Å². The minimum atomic E-state index is -0.489. The second-order valence-electron chi connectivity index (χ2n) is 8.57. The van der Waals surface area contributed by atoms with E-state index in [-0.39, 0.29) is 23.0 Å². The number of aryl methyl sites for hydroxylation is 3. The molecule has 7 nitrogen and oxygen atoms in total. The number of carbonyl (C=O) groups excluding carboxylic acids is 2. The summed E-state index contributed by atoms with van der Waals surface area (Å²) in [6, 6.07) is 19.3. The summed E-state index contributed by atoms with van der Waals surface area (Å²) in [5.74, 6) is -0.688. The van der Waals surface area contributed by atoms with Crippen molar-refractivity contribution in [3.63, 3.8) is 0 Å². The molecule has 0 aliphatic rings. The van der Waals surface area contributed by atoms with Gasteiger partial charge in [0.15, 0.2) is 5.76 Å². The van der Waals surface area contributed by atoms with E-state index in [0.717, 1.165) is 16.7 Å². The fourth-order valence-corrected chi connectivity index (χ4v) is 3.93. The number of hydrogen-bond acceptors (Lipinski definition) is 5. The van der Waals surface area contributed by atoms with Crippen LogP contribution in [0.3, 0.4) is 0 Å². The maximum absolute atomic E-state index is 13.3. The summed E-state index contributed by atoms with van der Waals surface area (Å²) in [7, 11) is 0. The maximum atomic E-state index is 13.3. The van der Waals surface area contributed by atoms with Crippen molar-refractivity contribution in [3.8, 4) is 17.0 Å². The molecule has 2 heterocycles. The number of phenolic OH excluding ortho intramolecular Hbond substituents is 1. The first-order valence-corrected chi connectivity index (χ1v) is 11.1. The molecule has 35 heavy (non-hydrogen) atoms. The summed E-state index contributed by atoms with van der Waals surface area (Å²) < 4.78 is 5.87. The Morgan fingerprint density at radius 1 is 0.943 bits per heavy atom. The number of rotatable bonds is 5. The first-order valence-electron chi connectivity index (χ1n) is 11.1. The van der Waals surface area contributed by atoms with E-state index in [1.807, 2.05) is 45.0 Å². The zero-order chi connectivity index (χ0) is 24.7. The number of para-hydroxylation sites is 1. The lowest BCUT2D eigenvalue weighted by Gasteiger charge is -2.06. The Balaban J connectivity index is 1.50. The Morgan fingerprint density at radius 3 is 2.43 bits per heavy atom. The summed E-state index contributed by atoms with van der Waals surface area (Å²) in [5.41, 5.74) is 5.36. The highest BCUT2D eigenvalue weighted by atomic mass is 16.3. The second kappa shape index (κ2) is 8.61. The molecule has 0 radical (unpaired) electrons. The van der Waals surface area contributed by atoms with E-state index in [0.29, 0.717) is 33.5 Å². The van der Waals surface area contributed by atoms with Crippen LogP contribution in [0.25, 0.3) is 22.2 Å². The third-order valence-electron chi connectivity index (χ3n) is 6.06. The number of hydrogen-bond donors (Lipinski definition) is 3. The van der Waals surface area contributed by atoms with Gasteiger partial charge in [0, 0.05) is 16.5 Å². The van der Waals surface area contributed by atoms with E-state index in [1.165, 1.54) is 0 Å². The first kappa shape index (κ1) is 22.2. The lowest BCUT2D eigenvalue weighted by molar-refractivity contribution is 0.101. The van der Waals surface area contributed by atoms with E-state index >= 15 is 0 Å². The minimum Gasteiger partial charge on any atom is -0.507 e. The van der Waals surface area contributed by atoms with Gasteiger partial charge >= 0.3 is 0 Å². The van der Waals surface area contributed by atoms with E-state index in [2.05, 4.69) is 15.5 Å². The Morgan fingerprint density at radius 2 is 1.66 bits per heavy atom. The number of phenols is 1. The molecule has 174 valence electrons. The van der Waals surface area contributed by atoms with Crippen molar-refractivity contribution in [1.82, 2.24) is 10.2 Å². The van der Waals surface area contributed by atoms with Crippen LogP contribution < -0.4 is 5.32 Å². The van der Waals surface area contributed by atoms with Crippen LogP contribution in [0.1, 0.15) is 43.3 Å².